The highest BCUT2D eigenvalue weighted by atomic mass is 19.1. The Morgan fingerprint density at radius 2 is 1.69 bits per heavy atom. The van der Waals surface area contributed by atoms with E-state index in [2.05, 4.69) is 18.3 Å². The van der Waals surface area contributed by atoms with Crippen LogP contribution in [0.4, 0.5) is 10.1 Å². The van der Waals surface area contributed by atoms with Crippen LogP contribution in [-0.2, 0) is 12.8 Å². The van der Waals surface area contributed by atoms with Gasteiger partial charge in [0.2, 0.25) is 0 Å². The Hall–Kier alpha value is -2.94. The van der Waals surface area contributed by atoms with Gasteiger partial charge in [0.1, 0.15) is 6.17 Å². The average molecular weight is 387 g/mol. The third-order valence-corrected chi connectivity index (χ3v) is 6.03. The first kappa shape index (κ1) is 19.4. The fraction of sp³-hybridized carbons (Fsp3) is 0.269. The van der Waals surface area contributed by atoms with Crippen molar-refractivity contribution >= 4 is 11.6 Å². The monoisotopic (exact) mass is 387 g/mol. The highest BCUT2D eigenvalue weighted by molar-refractivity contribution is 6.04. The number of anilines is 1. The fourth-order valence-corrected chi connectivity index (χ4v) is 4.26. The summed E-state index contributed by atoms with van der Waals surface area (Å²) in [5, 5.41) is 2.95. The number of fused-ring (bicyclic) bond motifs is 1. The van der Waals surface area contributed by atoms with Crippen LogP contribution in [0.15, 0.2) is 66.7 Å². The minimum absolute atomic E-state index is 0.0176. The molecule has 1 aliphatic rings. The molecule has 0 radical (unpaired) electrons. The zero-order chi connectivity index (χ0) is 20.4. The third-order valence-electron chi connectivity index (χ3n) is 6.03. The van der Waals surface area contributed by atoms with Crippen LogP contribution < -0.4 is 5.32 Å². The Bertz CT molecular complexity index is 1030. The summed E-state index contributed by atoms with van der Waals surface area (Å²) in [6.45, 7) is 4.03. The topological polar surface area (TPSA) is 29.1 Å². The minimum Gasteiger partial charge on any atom is -0.322 e. The molecule has 1 aliphatic carbocycles. The Balaban J connectivity index is 1.43. The second kappa shape index (κ2) is 8.20. The van der Waals surface area contributed by atoms with E-state index in [9.17, 15) is 4.79 Å². The van der Waals surface area contributed by atoms with E-state index >= 15 is 4.39 Å². The summed E-state index contributed by atoms with van der Waals surface area (Å²) in [7, 11) is 0. The molecule has 0 heterocycles. The van der Waals surface area contributed by atoms with Gasteiger partial charge in [0.05, 0.1) is 0 Å². The maximum atomic E-state index is 15.1. The van der Waals surface area contributed by atoms with Crippen LogP contribution in [0.3, 0.4) is 0 Å². The molecule has 29 heavy (non-hydrogen) atoms. The van der Waals surface area contributed by atoms with Crippen molar-refractivity contribution in [2.45, 2.75) is 39.3 Å². The van der Waals surface area contributed by atoms with Gasteiger partial charge in [-0.05, 0) is 85.0 Å². The van der Waals surface area contributed by atoms with Crippen LogP contribution in [0.25, 0.3) is 0 Å². The van der Waals surface area contributed by atoms with Crippen LogP contribution in [0.5, 0.6) is 0 Å². The van der Waals surface area contributed by atoms with Gasteiger partial charge in [-0.2, -0.15) is 0 Å². The standard InChI is InChI=1S/C26H26FNO/c1-17-7-5-8-23-22(17)15-14-21(25(23)27)16-19-10-12-20(13-11-19)26(29)28-24-9-4-3-6-18(24)2/h3-13,21,25H,14-16H2,1-2H3,(H,28,29). The number of alkyl halides is 1. The summed E-state index contributed by atoms with van der Waals surface area (Å²) in [6, 6.07) is 21.2. The molecule has 4 rings (SSSR count). The maximum absolute atomic E-state index is 15.1. The fourth-order valence-electron chi connectivity index (χ4n) is 4.26. The van der Waals surface area contributed by atoms with Crippen molar-refractivity contribution in [1.82, 2.24) is 0 Å². The van der Waals surface area contributed by atoms with Gasteiger partial charge in [-0.15, -0.1) is 0 Å². The maximum Gasteiger partial charge on any atom is 0.255 e. The van der Waals surface area contributed by atoms with E-state index < -0.39 is 6.17 Å². The Morgan fingerprint density at radius 1 is 0.966 bits per heavy atom. The number of nitrogens with one attached hydrogen (secondary N) is 1. The second-order valence-corrected chi connectivity index (χ2v) is 8.01. The predicted octanol–water partition coefficient (Wildman–Crippen LogP) is 6.37. The van der Waals surface area contributed by atoms with Crippen LogP contribution in [0.1, 0.15) is 50.8 Å². The molecule has 1 N–H and O–H groups in total. The zero-order valence-electron chi connectivity index (χ0n) is 16.9. The lowest BCUT2D eigenvalue weighted by Crippen LogP contribution is -2.20. The number of carbonyl (C=O) groups is 1. The first-order valence-electron chi connectivity index (χ1n) is 10.2. The highest BCUT2D eigenvalue weighted by Gasteiger charge is 2.30. The summed E-state index contributed by atoms with van der Waals surface area (Å²) < 4.78 is 15.1. The molecule has 0 aromatic heterocycles. The number of benzene rings is 3. The number of para-hydroxylation sites is 1. The number of amides is 1. The smallest absolute Gasteiger partial charge is 0.255 e. The minimum atomic E-state index is -0.928. The SMILES string of the molecule is Cc1ccccc1NC(=O)c1ccc(CC2CCc3c(C)cccc3C2F)cc1. The summed E-state index contributed by atoms with van der Waals surface area (Å²) in [5.74, 6) is -0.146. The summed E-state index contributed by atoms with van der Waals surface area (Å²) in [5.41, 5.74) is 6.75. The van der Waals surface area contributed by atoms with Gasteiger partial charge < -0.3 is 5.32 Å². The van der Waals surface area contributed by atoms with E-state index in [1.807, 2.05) is 67.6 Å². The summed E-state index contributed by atoms with van der Waals surface area (Å²) in [6.07, 6.45) is 1.55. The van der Waals surface area contributed by atoms with Crippen molar-refractivity contribution in [2.24, 2.45) is 5.92 Å². The van der Waals surface area contributed by atoms with Gasteiger partial charge in [0, 0.05) is 11.3 Å². The number of rotatable bonds is 4. The molecule has 148 valence electrons. The number of aryl methyl sites for hydroxylation is 2. The Kier molecular flexibility index (Phi) is 5.48. The summed E-state index contributed by atoms with van der Waals surface area (Å²) in [4.78, 5) is 12.5. The normalized spacial score (nSPS) is 18.2. The van der Waals surface area contributed by atoms with Crippen molar-refractivity contribution in [3.8, 4) is 0 Å². The molecular weight excluding hydrogens is 361 g/mol. The van der Waals surface area contributed by atoms with Crippen molar-refractivity contribution in [3.63, 3.8) is 0 Å². The number of carbonyl (C=O) groups excluding carboxylic acids is 1. The molecule has 3 aromatic carbocycles. The predicted molar refractivity (Wildman–Crippen MR) is 116 cm³/mol. The second-order valence-electron chi connectivity index (χ2n) is 8.01. The van der Waals surface area contributed by atoms with Gasteiger partial charge >= 0.3 is 0 Å². The number of hydrogen-bond donors (Lipinski definition) is 1. The molecule has 0 saturated carbocycles. The lowest BCUT2D eigenvalue weighted by molar-refractivity contribution is 0.102. The largest absolute Gasteiger partial charge is 0.322 e. The molecule has 0 aliphatic heterocycles. The molecule has 2 nitrogen and oxygen atoms in total. The molecule has 0 fully saturated rings. The van der Waals surface area contributed by atoms with Gasteiger partial charge in [-0.3, -0.25) is 4.79 Å². The molecular formula is C26H26FNO. The molecule has 1 amide bonds. The lowest BCUT2D eigenvalue weighted by atomic mass is 9.78. The van der Waals surface area contributed by atoms with E-state index in [0.29, 0.717) is 12.0 Å². The van der Waals surface area contributed by atoms with Gasteiger partial charge in [-0.25, -0.2) is 4.39 Å². The van der Waals surface area contributed by atoms with Crippen LogP contribution in [0, 0.1) is 19.8 Å². The number of hydrogen-bond acceptors (Lipinski definition) is 1. The summed E-state index contributed by atoms with van der Waals surface area (Å²) >= 11 is 0. The first-order valence-corrected chi connectivity index (χ1v) is 10.2. The quantitative estimate of drug-likeness (QED) is 0.553. The average Bonchev–Trinajstić information content (AvgIpc) is 2.73. The van der Waals surface area contributed by atoms with E-state index in [4.69, 9.17) is 0 Å². The lowest BCUT2D eigenvalue weighted by Gasteiger charge is -2.29. The molecule has 0 spiro atoms. The van der Waals surface area contributed by atoms with Crippen molar-refractivity contribution in [1.29, 1.82) is 0 Å². The zero-order valence-corrected chi connectivity index (χ0v) is 16.9. The van der Waals surface area contributed by atoms with Crippen molar-refractivity contribution < 1.29 is 9.18 Å². The van der Waals surface area contributed by atoms with Crippen molar-refractivity contribution in [3.05, 3.63) is 100 Å². The number of halogens is 1. The Morgan fingerprint density at radius 3 is 2.45 bits per heavy atom. The van der Waals surface area contributed by atoms with E-state index in [1.54, 1.807) is 0 Å². The molecule has 2 atom stereocenters. The molecule has 0 saturated heterocycles. The molecule has 3 heteroatoms. The van der Waals surface area contributed by atoms with Gasteiger partial charge in [0.25, 0.3) is 5.91 Å². The van der Waals surface area contributed by atoms with E-state index in [0.717, 1.165) is 35.2 Å². The van der Waals surface area contributed by atoms with Crippen LogP contribution >= 0.6 is 0 Å². The first-order chi connectivity index (χ1) is 14.0. The van der Waals surface area contributed by atoms with Crippen LogP contribution in [-0.4, -0.2) is 5.91 Å². The van der Waals surface area contributed by atoms with E-state index in [1.165, 1.54) is 11.1 Å². The van der Waals surface area contributed by atoms with Gasteiger partial charge in [0.15, 0.2) is 0 Å². The molecule has 3 aromatic rings. The highest BCUT2D eigenvalue weighted by Crippen LogP contribution is 2.40. The molecule has 2 unspecified atom stereocenters. The van der Waals surface area contributed by atoms with Crippen LogP contribution in [0.2, 0.25) is 0 Å². The Labute approximate surface area is 171 Å². The van der Waals surface area contributed by atoms with Crippen molar-refractivity contribution in [2.75, 3.05) is 5.32 Å². The van der Waals surface area contributed by atoms with Gasteiger partial charge in [-0.1, -0.05) is 48.5 Å². The third kappa shape index (κ3) is 4.09. The van der Waals surface area contributed by atoms with E-state index in [-0.39, 0.29) is 11.8 Å². The molecule has 0 bridgehead atoms.